The third-order valence-electron chi connectivity index (χ3n) is 7.84. The second-order valence-electron chi connectivity index (χ2n) is 10.5. The molecule has 0 saturated carbocycles. The van der Waals surface area contributed by atoms with E-state index >= 15 is 0 Å². The minimum absolute atomic E-state index is 0.647. The van der Waals surface area contributed by atoms with Gasteiger partial charge in [-0.3, -0.25) is 0 Å². The number of hydrogen-bond donors (Lipinski definition) is 0. The molecular weight excluding hydrogens is 524 g/mol. The van der Waals surface area contributed by atoms with Gasteiger partial charge in [-0.1, -0.05) is 127 Å². The zero-order valence-electron chi connectivity index (χ0n) is 23.3. The Morgan fingerprint density at radius 2 is 0.814 bits per heavy atom. The molecular formula is C39H26N4. The molecule has 2 heterocycles. The molecule has 0 aliphatic carbocycles. The fourth-order valence-corrected chi connectivity index (χ4v) is 5.78. The van der Waals surface area contributed by atoms with Crippen molar-refractivity contribution >= 4 is 21.8 Å². The minimum atomic E-state index is 0.647. The van der Waals surface area contributed by atoms with E-state index in [0.717, 1.165) is 33.5 Å². The van der Waals surface area contributed by atoms with Crippen LogP contribution in [0.1, 0.15) is 0 Å². The summed E-state index contributed by atoms with van der Waals surface area (Å²) >= 11 is 0. The topological polar surface area (TPSA) is 43.6 Å². The molecule has 8 aromatic rings. The van der Waals surface area contributed by atoms with Crippen molar-refractivity contribution in [3.8, 4) is 51.0 Å². The molecule has 0 atom stereocenters. The molecule has 0 N–H and O–H groups in total. The van der Waals surface area contributed by atoms with E-state index in [1.807, 2.05) is 60.7 Å². The van der Waals surface area contributed by atoms with Crippen LogP contribution in [0.25, 0.3) is 72.8 Å². The highest BCUT2D eigenvalue weighted by Gasteiger charge is 2.15. The zero-order valence-corrected chi connectivity index (χ0v) is 23.3. The second-order valence-corrected chi connectivity index (χ2v) is 10.5. The van der Waals surface area contributed by atoms with E-state index in [1.165, 1.54) is 21.8 Å². The summed E-state index contributed by atoms with van der Waals surface area (Å²) in [6.07, 6.45) is 0. The summed E-state index contributed by atoms with van der Waals surface area (Å²) < 4.78 is 2.35. The molecule has 0 spiro atoms. The van der Waals surface area contributed by atoms with Crippen LogP contribution in [0.3, 0.4) is 0 Å². The van der Waals surface area contributed by atoms with E-state index in [2.05, 4.69) is 102 Å². The number of benzene rings is 6. The van der Waals surface area contributed by atoms with Crippen LogP contribution in [-0.4, -0.2) is 19.5 Å². The molecule has 0 aliphatic heterocycles. The molecule has 6 aromatic carbocycles. The Morgan fingerprint density at radius 1 is 0.326 bits per heavy atom. The quantitative estimate of drug-likeness (QED) is 0.214. The summed E-state index contributed by atoms with van der Waals surface area (Å²) in [7, 11) is 0. The molecule has 0 amide bonds. The average Bonchev–Trinajstić information content (AvgIpc) is 3.43. The van der Waals surface area contributed by atoms with Gasteiger partial charge in [0.2, 0.25) is 0 Å². The number of rotatable bonds is 5. The summed E-state index contributed by atoms with van der Waals surface area (Å²) in [4.78, 5) is 14.7. The first-order valence-corrected chi connectivity index (χ1v) is 14.4. The minimum Gasteiger partial charge on any atom is -0.309 e. The summed E-state index contributed by atoms with van der Waals surface area (Å²) in [6.45, 7) is 0. The summed E-state index contributed by atoms with van der Waals surface area (Å²) in [6, 6.07) is 54.5. The number of hydrogen-bond acceptors (Lipinski definition) is 3. The molecule has 8 rings (SSSR count). The highest BCUT2D eigenvalue weighted by molar-refractivity contribution is 6.10. The maximum absolute atomic E-state index is 4.94. The standard InChI is InChI=1S/C39H26N4/c1-4-13-27(14-5-1)37-40-38(28-15-6-2-7-16-28)42-39(41-37)31-18-12-17-29(25-31)30-23-24-34-33-21-10-11-22-35(33)43(36(34)26-30)32-19-8-3-9-20-32/h1-26H. The summed E-state index contributed by atoms with van der Waals surface area (Å²) in [5, 5.41) is 2.48. The van der Waals surface area contributed by atoms with Gasteiger partial charge in [-0.2, -0.15) is 0 Å². The van der Waals surface area contributed by atoms with Crippen LogP contribution in [-0.2, 0) is 0 Å². The number of nitrogens with zero attached hydrogens (tertiary/aromatic N) is 4. The van der Waals surface area contributed by atoms with Crippen molar-refractivity contribution in [2.75, 3.05) is 0 Å². The van der Waals surface area contributed by atoms with Crippen molar-refractivity contribution in [2.45, 2.75) is 0 Å². The Kier molecular flexibility index (Phi) is 6.08. The molecule has 43 heavy (non-hydrogen) atoms. The normalized spacial score (nSPS) is 11.3. The smallest absolute Gasteiger partial charge is 0.164 e. The fourth-order valence-electron chi connectivity index (χ4n) is 5.78. The van der Waals surface area contributed by atoms with Crippen LogP contribution < -0.4 is 0 Å². The Hall–Kier alpha value is -5.87. The van der Waals surface area contributed by atoms with E-state index in [1.54, 1.807) is 0 Å². The van der Waals surface area contributed by atoms with Gasteiger partial charge in [0.05, 0.1) is 11.0 Å². The number of aromatic nitrogens is 4. The highest BCUT2D eigenvalue weighted by atomic mass is 15.0. The molecule has 0 aliphatic rings. The molecule has 0 saturated heterocycles. The maximum Gasteiger partial charge on any atom is 0.164 e. The van der Waals surface area contributed by atoms with Gasteiger partial charge in [0, 0.05) is 33.2 Å². The zero-order chi connectivity index (χ0) is 28.6. The van der Waals surface area contributed by atoms with Gasteiger partial charge in [-0.05, 0) is 41.5 Å². The lowest BCUT2D eigenvalue weighted by Gasteiger charge is -2.11. The predicted molar refractivity (Wildman–Crippen MR) is 176 cm³/mol. The van der Waals surface area contributed by atoms with Gasteiger partial charge in [0.15, 0.2) is 17.5 Å². The van der Waals surface area contributed by atoms with Crippen molar-refractivity contribution in [3.63, 3.8) is 0 Å². The Balaban J connectivity index is 1.28. The monoisotopic (exact) mass is 550 g/mol. The lowest BCUT2D eigenvalue weighted by atomic mass is 10.0. The van der Waals surface area contributed by atoms with Crippen molar-refractivity contribution in [3.05, 3.63) is 158 Å². The lowest BCUT2D eigenvalue weighted by molar-refractivity contribution is 1.07. The maximum atomic E-state index is 4.94. The van der Waals surface area contributed by atoms with Gasteiger partial charge in [-0.25, -0.2) is 15.0 Å². The van der Waals surface area contributed by atoms with E-state index in [0.29, 0.717) is 17.5 Å². The van der Waals surface area contributed by atoms with Gasteiger partial charge in [0.25, 0.3) is 0 Å². The first-order chi connectivity index (χ1) is 21.3. The van der Waals surface area contributed by atoms with Gasteiger partial charge in [0.1, 0.15) is 0 Å². The van der Waals surface area contributed by atoms with Crippen LogP contribution in [0.2, 0.25) is 0 Å². The Morgan fingerprint density at radius 3 is 1.49 bits per heavy atom. The molecule has 0 fully saturated rings. The SMILES string of the molecule is c1ccc(-c2nc(-c3ccccc3)nc(-c3cccc(-c4ccc5c6ccccc6n(-c6ccccc6)c5c4)c3)n2)cc1. The first-order valence-electron chi connectivity index (χ1n) is 14.4. The van der Waals surface area contributed by atoms with Gasteiger partial charge < -0.3 is 4.57 Å². The Bertz CT molecular complexity index is 2160. The van der Waals surface area contributed by atoms with E-state index in [9.17, 15) is 0 Å². The van der Waals surface area contributed by atoms with Crippen LogP contribution in [0.15, 0.2) is 158 Å². The molecule has 4 nitrogen and oxygen atoms in total. The summed E-state index contributed by atoms with van der Waals surface area (Å²) in [5.74, 6) is 1.96. The van der Waals surface area contributed by atoms with E-state index < -0.39 is 0 Å². The molecule has 202 valence electrons. The number of para-hydroxylation sites is 2. The molecule has 0 bridgehead atoms. The van der Waals surface area contributed by atoms with Gasteiger partial charge in [-0.15, -0.1) is 0 Å². The first kappa shape index (κ1) is 24.9. The molecule has 4 heteroatoms. The van der Waals surface area contributed by atoms with E-state index in [4.69, 9.17) is 15.0 Å². The lowest BCUT2D eigenvalue weighted by Crippen LogP contribution is -2.00. The number of fused-ring (bicyclic) bond motifs is 3. The third-order valence-corrected chi connectivity index (χ3v) is 7.84. The molecule has 2 aromatic heterocycles. The van der Waals surface area contributed by atoms with Crippen LogP contribution in [0, 0.1) is 0 Å². The van der Waals surface area contributed by atoms with Crippen LogP contribution in [0.4, 0.5) is 0 Å². The largest absolute Gasteiger partial charge is 0.309 e. The van der Waals surface area contributed by atoms with Crippen molar-refractivity contribution < 1.29 is 0 Å². The average molecular weight is 551 g/mol. The van der Waals surface area contributed by atoms with Crippen molar-refractivity contribution in [1.29, 1.82) is 0 Å². The van der Waals surface area contributed by atoms with Gasteiger partial charge >= 0.3 is 0 Å². The second kappa shape index (κ2) is 10.5. The van der Waals surface area contributed by atoms with E-state index in [-0.39, 0.29) is 0 Å². The van der Waals surface area contributed by atoms with Crippen molar-refractivity contribution in [2.24, 2.45) is 0 Å². The van der Waals surface area contributed by atoms with Crippen LogP contribution >= 0.6 is 0 Å². The molecule has 0 unspecified atom stereocenters. The predicted octanol–water partition coefficient (Wildman–Crippen LogP) is 9.64. The summed E-state index contributed by atoms with van der Waals surface area (Å²) in [5.41, 5.74) is 8.61. The third kappa shape index (κ3) is 4.55. The Labute approximate surface area is 249 Å². The molecule has 0 radical (unpaired) electrons. The van der Waals surface area contributed by atoms with Crippen molar-refractivity contribution in [1.82, 2.24) is 19.5 Å². The van der Waals surface area contributed by atoms with Crippen LogP contribution in [0.5, 0.6) is 0 Å². The fraction of sp³-hybridized carbons (Fsp3) is 0. The highest BCUT2D eigenvalue weighted by Crippen LogP contribution is 2.35.